The van der Waals surface area contributed by atoms with E-state index in [1.165, 1.54) is 0 Å². The Bertz CT molecular complexity index is 2890. The van der Waals surface area contributed by atoms with Gasteiger partial charge in [0.2, 0.25) is 0 Å². The molecule has 0 spiro atoms. The maximum atomic E-state index is 9.11. The molecule has 0 aliphatic heterocycles. The minimum Gasteiger partial charge on any atom is -0.456 e. The summed E-state index contributed by atoms with van der Waals surface area (Å²) in [6, 6.07) is 27.9. The summed E-state index contributed by atoms with van der Waals surface area (Å²) in [4.78, 5) is 14.5. The van der Waals surface area contributed by atoms with E-state index >= 15 is 0 Å². The van der Waals surface area contributed by atoms with Crippen molar-refractivity contribution in [3.8, 4) is 45.3 Å². The lowest BCUT2D eigenvalue weighted by molar-refractivity contribution is 0.668. The number of hydrogen-bond donors (Lipinski definition) is 0. The summed E-state index contributed by atoms with van der Waals surface area (Å²) in [5, 5.41) is 2.09. The van der Waals surface area contributed by atoms with Crippen molar-refractivity contribution in [1.29, 1.82) is 0 Å². The third-order valence-electron chi connectivity index (χ3n) is 7.62. The van der Waals surface area contributed by atoms with E-state index in [2.05, 4.69) is 0 Å². The van der Waals surface area contributed by atoms with Gasteiger partial charge < -0.3 is 8.83 Å². The molecule has 3 heterocycles. The lowest BCUT2D eigenvalue weighted by Crippen LogP contribution is -2.00. The predicted molar refractivity (Wildman–Crippen MR) is 176 cm³/mol. The highest BCUT2D eigenvalue weighted by Crippen LogP contribution is 2.34. The monoisotopic (exact) mass is 572 g/mol. The van der Waals surface area contributed by atoms with Crippen LogP contribution in [0, 0.1) is 0 Å². The van der Waals surface area contributed by atoms with Gasteiger partial charge in [-0.3, -0.25) is 0 Å². The SMILES string of the molecule is [2H]c1c([2H])c([2H])c2c(oc3c([2H])c([2H])c(-c4ccc(-c5nc(-c6ccccc6)nc(-c6ccc7c(c6)oc6ccccc67)n5)cc4)c([2H])c32)c1[2H]. The Labute approximate surface area is 261 Å². The molecule has 0 saturated heterocycles. The Morgan fingerprint density at radius 1 is 0.409 bits per heavy atom. The molecule has 0 N–H and O–H groups in total. The molecule has 0 unspecified atom stereocenters. The van der Waals surface area contributed by atoms with E-state index in [4.69, 9.17) is 33.4 Å². The quantitative estimate of drug-likeness (QED) is 0.210. The zero-order valence-corrected chi connectivity index (χ0v) is 22.9. The average Bonchev–Trinajstić information content (AvgIpc) is 3.75. The summed E-state index contributed by atoms with van der Waals surface area (Å²) in [7, 11) is 0. The molecule has 0 radical (unpaired) electrons. The van der Waals surface area contributed by atoms with Crippen LogP contribution in [-0.2, 0) is 0 Å². The van der Waals surface area contributed by atoms with E-state index in [0.29, 0.717) is 34.2 Å². The summed E-state index contributed by atoms with van der Waals surface area (Å²) in [5.41, 5.74) is 4.04. The van der Waals surface area contributed by atoms with Crippen LogP contribution in [0.15, 0.2) is 148 Å². The first kappa shape index (κ1) is 18.5. The first-order chi connectivity index (χ1) is 24.7. The number of rotatable bonds is 4. The predicted octanol–water partition coefficient (Wildman–Crippen LogP) is 10.3. The van der Waals surface area contributed by atoms with Crippen LogP contribution in [0.5, 0.6) is 0 Å². The molecular weight excluding hydrogens is 542 g/mol. The summed E-state index contributed by atoms with van der Waals surface area (Å²) in [6.45, 7) is 0. The molecule has 0 atom stereocenters. The summed E-state index contributed by atoms with van der Waals surface area (Å²) in [5.74, 6) is 1.33. The molecule has 0 aliphatic carbocycles. The van der Waals surface area contributed by atoms with Gasteiger partial charge >= 0.3 is 0 Å². The second-order valence-electron chi connectivity index (χ2n) is 10.3. The van der Waals surface area contributed by atoms with Gasteiger partial charge in [-0.25, -0.2) is 15.0 Å². The topological polar surface area (TPSA) is 65.0 Å². The molecule has 5 nitrogen and oxygen atoms in total. The van der Waals surface area contributed by atoms with E-state index in [1.807, 2.05) is 72.8 Å². The Morgan fingerprint density at radius 2 is 1.02 bits per heavy atom. The number of aromatic nitrogens is 3. The number of hydrogen-bond acceptors (Lipinski definition) is 5. The van der Waals surface area contributed by atoms with Crippen LogP contribution in [0.4, 0.5) is 0 Å². The fourth-order valence-corrected chi connectivity index (χ4v) is 5.45. The number of fused-ring (bicyclic) bond motifs is 6. The van der Waals surface area contributed by atoms with Crippen LogP contribution in [0.3, 0.4) is 0 Å². The van der Waals surface area contributed by atoms with Crippen molar-refractivity contribution < 1.29 is 18.4 Å². The Kier molecular flexibility index (Phi) is 4.09. The van der Waals surface area contributed by atoms with E-state index in [0.717, 1.165) is 27.5 Å². The van der Waals surface area contributed by atoms with Crippen LogP contribution in [0.25, 0.3) is 89.2 Å². The van der Waals surface area contributed by atoms with Gasteiger partial charge in [0.15, 0.2) is 17.5 Å². The normalized spacial score (nSPS) is 13.9. The molecule has 9 rings (SSSR count). The fourth-order valence-electron chi connectivity index (χ4n) is 5.45. The van der Waals surface area contributed by atoms with Crippen molar-refractivity contribution in [3.05, 3.63) is 139 Å². The molecule has 3 aromatic heterocycles. The third-order valence-corrected chi connectivity index (χ3v) is 7.62. The Hall–Kier alpha value is -6.07. The maximum Gasteiger partial charge on any atom is 0.164 e. The van der Waals surface area contributed by atoms with Gasteiger partial charge in [-0.2, -0.15) is 0 Å². The van der Waals surface area contributed by atoms with Crippen LogP contribution < -0.4 is 0 Å². The summed E-state index contributed by atoms with van der Waals surface area (Å²) >= 11 is 0. The minimum atomic E-state index is -0.474. The maximum absolute atomic E-state index is 9.11. The molecule has 0 amide bonds. The van der Waals surface area contributed by atoms with Crippen molar-refractivity contribution in [2.24, 2.45) is 0 Å². The zero-order chi connectivity index (χ0) is 35.1. The smallest absolute Gasteiger partial charge is 0.164 e. The van der Waals surface area contributed by atoms with Gasteiger partial charge in [-0.05, 0) is 47.5 Å². The number of para-hydroxylation sites is 2. The third kappa shape index (κ3) is 4.06. The molecular formula is C39H23N3O2. The zero-order valence-electron chi connectivity index (χ0n) is 29.9. The minimum absolute atomic E-state index is 0.0133. The van der Waals surface area contributed by atoms with Crippen molar-refractivity contribution in [2.75, 3.05) is 0 Å². The Morgan fingerprint density at radius 3 is 1.86 bits per heavy atom. The largest absolute Gasteiger partial charge is 0.456 e. The lowest BCUT2D eigenvalue weighted by atomic mass is 10.0. The standard InChI is InChI=1S/C39H23N3O2/c1-2-8-25(9-3-1)37-40-38(42-39(41-37)28-18-20-31-29-10-4-6-12-33(29)44-36(31)23-28)26-16-14-24(15-17-26)27-19-21-35-32(22-27)30-11-5-7-13-34(30)43-35/h1-23H/i5D,7D,11D,13D,19D,21D,22D. The molecule has 0 saturated carbocycles. The van der Waals surface area contributed by atoms with E-state index in [9.17, 15) is 0 Å². The fraction of sp³-hybridized carbons (Fsp3) is 0. The van der Waals surface area contributed by atoms with Crippen molar-refractivity contribution in [1.82, 2.24) is 15.0 Å². The van der Waals surface area contributed by atoms with Gasteiger partial charge in [0.1, 0.15) is 22.3 Å². The molecule has 9 aromatic rings. The van der Waals surface area contributed by atoms with Gasteiger partial charge in [0.25, 0.3) is 0 Å². The number of furan rings is 2. The lowest BCUT2D eigenvalue weighted by Gasteiger charge is -2.09. The average molecular weight is 573 g/mol. The molecule has 0 aliphatic rings. The number of benzene rings is 6. The van der Waals surface area contributed by atoms with Gasteiger partial charge in [-0.1, -0.05) is 103 Å². The van der Waals surface area contributed by atoms with Crippen LogP contribution >= 0.6 is 0 Å². The molecule has 44 heavy (non-hydrogen) atoms. The first-order valence-corrected chi connectivity index (χ1v) is 14.0. The van der Waals surface area contributed by atoms with Crippen LogP contribution in [0.1, 0.15) is 9.60 Å². The number of nitrogens with zero attached hydrogens (tertiary/aromatic N) is 3. The first-order valence-electron chi connectivity index (χ1n) is 17.5. The van der Waals surface area contributed by atoms with Crippen molar-refractivity contribution in [3.63, 3.8) is 0 Å². The summed E-state index contributed by atoms with van der Waals surface area (Å²) in [6.07, 6.45) is 0. The Balaban J connectivity index is 1.18. The van der Waals surface area contributed by atoms with Gasteiger partial charge in [0.05, 0.1) is 9.60 Å². The van der Waals surface area contributed by atoms with E-state index < -0.39 is 18.1 Å². The van der Waals surface area contributed by atoms with Crippen molar-refractivity contribution >= 4 is 43.9 Å². The summed E-state index contributed by atoms with van der Waals surface area (Å²) < 4.78 is 71.5. The van der Waals surface area contributed by atoms with Gasteiger partial charge in [-0.15, -0.1) is 0 Å². The van der Waals surface area contributed by atoms with Crippen LogP contribution in [0.2, 0.25) is 0 Å². The van der Waals surface area contributed by atoms with E-state index in [1.54, 1.807) is 24.3 Å². The second-order valence-corrected chi connectivity index (χ2v) is 10.3. The molecule has 0 fully saturated rings. The molecule has 6 aromatic carbocycles. The molecule has 206 valence electrons. The molecule has 0 bridgehead atoms. The van der Waals surface area contributed by atoms with Gasteiger partial charge in [0, 0.05) is 38.2 Å². The highest BCUT2D eigenvalue weighted by atomic mass is 16.3. The molecule has 5 heteroatoms. The second kappa shape index (κ2) is 9.75. The van der Waals surface area contributed by atoms with E-state index in [-0.39, 0.29) is 51.7 Å². The van der Waals surface area contributed by atoms with Crippen LogP contribution in [-0.4, -0.2) is 15.0 Å². The highest BCUT2D eigenvalue weighted by molar-refractivity contribution is 6.07. The van der Waals surface area contributed by atoms with Crippen molar-refractivity contribution in [2.45, 2.75) is 0 Å². The highest BCUT2D eigenvalue weighted by Gasteiger charge is 2.15.